The Labute approximate surface area is 257 Å². The smallest absolute Gasteiger partial charge is 0.397 e. The Hall–Kier alpha value is -1.26. The van der Waals surface area contributed by atoms with Gasteiger partial charge in [0.1, 0.15) is 17.0 Å². The topological polar surface area (TPSA) is 49.4 Å². The number of hydrogen-bond donors (Lipinski definition) is 0. The van der Waals surface area contributed by atoms with Crippen molar-refractivity contribution in [3.63, 3.8) is 0 Å². The summed E-state index contributed by atoms with van der Waals surface area (Å²) in [5, 5.41) is 0. The van der Waals surface area contributed by atoms with Gasteiger partial charge in [0.25, 0.3) is 0 Å². The van der Waals surface area contributed by atoms with Crippen molar-refractivity contribution < 1.29 is 22.6 Å². The molecule has 0 saturated carbocycles. The molecule has 2 aliphatic rings. The molecular weight excluding hydrogens is 564 g/mol. The Morgan fingerprint density at radius 2 is 1.07 bits per heavy atom. The molecule has 1 atom stereocenters. The predicted octanol–water partition coefficient (Wildman–Crippen LogP) is 9.93. The first kappa shape index (κ1) is 33.6. The second-order valence-electron chi connectivity index (χ2n) is 15.8. The lowest BCUT2D eigenvalue weighted by Gasteiger charge is -2.40. The normalized spacial score (nSPS) is 24.3. The molecular formula is C34H53NO5P2. The second kappa shape index (κ2) is 11.9. The molecule has 0 N–H and O–H groups in total. The van der Waals surface area contributed by atoms with Crippen molar-refractivity contribution in [1.82, 2.24) is 4.67 Å². The SMILES string of the molecule is CCN1P(Oc2ccc(C(C)(C)C)cc2C(C)(C)C)OCC12COP(Oc1ccc(C(C)(C)C)cc1C(C)(C)C)OC2. The summed E-state index contributed by atoms with van der Waals surface area (Å²) in [6, 6.07) is 13.1. The summed E-state index contributed by atoms with van der Waals surface area (Å²) in [6.45, 7) is 31.1. The van der Waals surface area contributed by atoms with E-state index in [4.69, 9.17) is 22.6 Å². The van der Waals surface area contributed by atoms with Gasteiger partial charge in [-0.1, -0.05) is 114 Å². The van der Waals surface area contributed by atoms with E-state index in [9.17, 15) is 0 Å². The van der Waals surface area contributed by atoms with Crippen molar-refractivity contribution in [3.8, 4) is 11.5 Å². The van der Waals surface area contributed by atoms with Crippen LogP contribution in [0.4, 0.5) is 0 Å². The van der Waals surface area contributed by atoms with E-state index in [-0.39, 0.29) is 21.7 Å². The zero-order valence-electron chi connectivity index (χ0n) is 28.2. The molecule has 0 aliphatic carbocycles. The molecule has 8 heteroatoms. The Morgan fingerprint density at radius 3 is 1.48 bits per heavy atom. The Balaban J connectivity index is 1.49. The maximum absolute atomic E-state index is 6.68. The lowest BCUT2D eigenvalue weighted by atomic mass is 9.80. The van der Waals surface area contributed by atoms with Crippen molar-refractivity contribution in [3.05, 3.63) is 58.7 Å². The number of likely N-dealkylation sites (N-methyl/N-ethyl adjacent to an activating group) is 1. The van der Waals surface area contributed by atoms with Gasteiger partial charge >= 0.3 is 17.1 Å². The summed E-state index contributed by atoms with van der Waals surface area (Å²) in [5.74, 6) is 1.71. The summed E-state index contributed by atoms with van der Waals surface area (Å²) in [4.78, 5) is 0. The van der Waals surface area contributed by atoms with Crippen LogP contribution in [-0.2, 0) is 35.2 Å². The van der Waals surface area contributed by atoms with Crippen molar-refractivity contribution >= 4 is 17.1 Å². The van der Waals surface area contributed by atoms with Crippen molar-refractivity contribution in [1.29, 1.82) is 0 Å². The van der Waals surface area contributed by atoms with Gasteiger partial charge < -0.3 is 22.6 Å². The van der Waals surface area contributed by atoms with Crippen LogP contribution < -0.4 is 9.05 Å². The molecule has 0 bridgehead atoms. The first-order valence-electron chi connectivity index (χ1n) is 15.2. The number of hydrogen-bond acceptors (Lipinski definition) is 6. The highest BCUT2D eigenvalue weighted by Gasteiger charge is 2.53. The van der Waals surface area contributed by atoms with E-state index in [1.165, 1.54) is 16.7 Å². The summed E-state index contributed by atoms with van der Waals surface area (Å²) in [5.41, 5.74) is 4.51. The molecule has 4 rings (SSSR count). The average Bonchev–Trinajstić information content (AvgIpc) is 3.19. The molecule has 2 heterocycles. The largest absolute Gasteiger partial charge is 0.435 e. The summed E-state index contributed by atoms with van der Waals surface area (Å²) in [7, 11) is -2.84. The van der Waals surface area contributed by atoms with Gasteiger partial charge in [0.05, 0.1) is 19.8 Å². The molecule has 234 valence electrons. The quantitative estimate of drug-likeness (QED) is 0.311. The van der Waals surface area contributed by atoms with Crippen LogP contribution >= 0.6 is 17.1 Å². The first-order chi connectivity index (χ1) is 19.2. The minimum atomic E-state index is -1.53. The molecule has 1 spiro atoms. The molecule has 2 aromatic rings. The fourth-order valence-electron chi connectivity index (χ4n) is 5.22. The van der Waals surface area contributed by atoms with Crippen LogP contribution in [0.1, 0.15) is 112 Å². The van der Waals surface area contributed by atoms with Crippen LogP contribution in [0.3, 0.4) is 0 Å². The number of nitrogens with zero attached hydrogens (tertiary/aromatic N) is 1. The fraction of sp³-hybridized carbons (Fsp3) is 0.647. The van der Waals surface area contributed by atoms with Crippen molar-refractivity contribution in [2.45, 2.75) is 117 Å². The van der Waals surface area contributed by atoms with Gasteiger partial charge in [-0.2, -0.15) is 0 Å². The van der Waals surface area contributed by atoms with Crippen LogP contribution in [0.15, 0.2) is 36.4 Å². The van der Waals surface area contributed by atoms with Crippen LogP contribution in [0.5, 0.6) is 11.5 Å². The standard InChI is InChI=1S/C34H53NO5P2/c1-14-35-34(21-36-41(35)39-28-17-15-24(30(2,3)4)19-26(28)32(8,9)10)22-37-42(38-23-34)40-29-18-16-25(31(5,6)7)20-27(29)33(11,12)13/h15-20H,14,21-23H2,1-13H3. The average molecular weight is 618 g/mol. The summed E-state index contributed by atoms with van der Waals surface area (Å²) in [6.07, 6.45) is 0. The van der Waals surface area contributed by atoms with E-state index >= 15 is 0 Å². The van der Waals surface area contributed by atoms with Crippen LogP contribution in [0, 0.1) is 0 Å². The Bertz CT molecular complexity index is 1240. The van der Waals surface area contributed by atoms with Gasteiger partial charge in [0, 0.05) is 17.7 Å². The predicted molar refractivity (Wildman–Crippen MR) is 176 cm³/mol. The molecule has 0 aromatic heterocycles. The van der Waals surface area contributed by atoms with Gasteiger partial charge in [-0.15, -0.1) is 0 Å². The molecule has 0 amide bonds. The zero-order valence-corrected chi connectivity index (χ0v) is 30.0. The second-order valence-corrected chi connectivity index (χ2v) is 18.4. The maximum atomic E-state index is 6.68. The molecule has 2 aromatic carbocycles. The van der Waals surface area contributed by atoms with Crippen molar-refractivity contribution in [2.24, 2.45) is 0 Å². The highest BCUT2D eigenvalue weighted by molar-refractivity contribution is 7.45. The molecule has 2 fully saturated rings. The third-order valence-corrected chi connectivity index (χ3v) is 10.9. The Kier molecular flexibility index (Phi) is 9.54. The first-order valence-corrected chi connectivity index (χ1v) is 17.4. The molecule has 2 saturated heterocycles. The molecule has 6 nitrogen and oxygen atoms in total. The highest BCUT2D eigenvalue weighted by Crippen LogP contribution is 2.58. The molecule has 0 radical (unpaired) electrons. The molecule has 2 aliphatic heterocycles. The minimum Gasteiger partial charge on any atom is -0.435 e. The van der Waals surface area contributed by atoms with Crippen molar-refractivity contribution in [2.75, 3.05) is 26.4 Å². The van der Waals surface area contributed by atoms with E-state index < -0.39 is 22.7 Å². The third-order valence-electron chi connectivity index (χ3n) is 8.02. The summed E-state index contributed by atoms with van der Waals surface area (Å²) < 4.78 is 34.3. The van der Waals surface area contributed by atoms with E-state index in [0.717, 1.165) is 23.6 Å². The van der Waals surface area contributed by atoms with Gasteiger partial charge in [-0.05, 0) is 44.9 Å². The van der Waals surface area contributed by atoms with E-state index in [1.807, 2.05) is 0 Å². The molecule has 42 heavy (non-hydrogen) atoms. The molecule has 1 unspecified atom stereocenters. The van der Waals surface area contributed by atoms with E-state index in [2.05, 4.69) is 131 Å². The summed E-state index contributed by atoms with van der Waals surface area (Å²) >= 11 is 0. The third kappa shape index (κ3) is 7.33. The monoisotopic (exact) mass is 617 g/mol. The van der Waals surface area contributed by atoms with Crippen LogP contribution in [0.25, 0.3) is 0 Å². The highest BCUT2D eigenvalue weighted by atomic mass is 31.2. The lowest BCUT2D eigenvalue weighted by Crippen LogP contribution is -2.53. The van der Waals surface area contributed by atoms with Crippen LogP contribution in [-0.4, -0.2) is 36.6 Å². The van der Waals surface area contributed by atoms with E-state index in [1.54, 1.807) is 0 Å². The van der Waals surface area contributed by atoms with Gasteiger partial charge in [-0.3, -0.25) is 0 Å². The lowest BCUT2D eigenvalue weighted by molar-refractivity contribution is 0.00844. The van der Waals surface area contributed by atoms with Gasteiger partial charge in [0.15, 0.2) is 0 Å². The van der Waals surface area contributed by atoms with E-state index in [0.29, 0.717) is 19.8 Å². The maximum Gasteiger partial charge on any atom is 0.397 e. The fourth-order valence-corrected chi connectivity index (χ4v) is 8.13. The van der Waals surface area contributed by atoms with Crippen LogP contribution in [0.2, 0.25) is 0 Å². The number of benzene rings is 2. The van der Waals surface area contributed by atoms with Gasteiger partial charge in [-0.25, -0.2) is 4.67 Å². The number of rotatable bonds is 5. The zero-order chi connectivity index (χ0) is 31.3. The Morgan fingerprint density at radius 1 is 0.643 bits per heavy atom. The van der Waals surface area contributed by atoms with Gasteiger partial charge in [0.2, 0.25) is 0 Å². The minimum absolute atomic E-state index is 0.0584.